The molecule has 0 radical (unpaired) electrons. The Labute approximate surface area is 105 Å². The maximum Gasteiger partial charge on any atom is 0.314 e. The van der Waals surface area contributed by atoms with Crippen LogP contribution in [0.4, 0.5) is 0 Å². The average molecular weight is 241 g/mol. The summed E-state index contributed by atoms with van der Waals surface area (Å²) in [4.78, 5) is 12.4. The largest absolute Gasteiger partial charge is 0.459 e. The van der Waals surface area contributed by atoms with Crippen LogP contribution in [0.3, 0.4) is 0 Å². The Balaban J connectivity index is 2.94. The van der Waals surface area contributed by atoms with Gasteiger partial charge in [0.25, 0.3) is 0 Å². The molecule has 17 heavy (non-hydrogen) atoms. The van der Waals surface area contributed by atoms with Crippen molar-refractivity contribution >= 4 is 5.97 Å². The van der Waals surface area contributed by atoms with E-state index in [-0.39, 0.29) is 17.4 Å². The molecule has 0 spiro atoms. The Morgan fingerprint density at radius 1 is 1.41 bits per heavy atom. The molecule has 0 bridgehead atoms. The molecular weight excluding hydrogens is 214 g/mol. The summed E-state index contributed by atoms with van der Waals surface area (Å²) in [5, 5.41) is 0. The molecule has 0 aromatic rings. The van der Waals surface area contributed by atoms with Gasteiger partial charge >= 0.3 is 5.97 Å². The van der Waals surface area contributed by atoms with Crippen molar-refractivity contribution in [3.05, 3.63) is 0 Å². The zero-order valence-corrected chi connectivity index (χ0v) is 12.1. The highest BCUT2D eigenvalue weighted by molar-refractivity contribution is 5.79. The topological polar surface area (TPSA) is 52.3 Å². The normalized spacial score (nSPS) is 32.5. The number of rotatable bonds is 2. The zero-order valence-electron chi connectivity index (χ0n) is 12.1. The van der Waals surface area contributed by atoms with Crippen LogP contribution in [0.25, 0.3) is 0 Å². The molecular formula is C14H27NO2. The van der Waals surface area contributed by atoms with E-state index in [0.717, 1.165) is 19.3 Å². The molecule has 2 unspecified atom stereocenters. The van der Waals surface area contributed by atoms with Crippen molar-refractivity contribution in [2.45, 2.75) is 72.4 Å². The lowest BCUT2D eigenvalue weighted by Gasteiger charge is -2.34. The Morgan fingerprint density at radius 3 is 2.24 bits per heavy atom. The van der Waals surface area contributed by atoms with E-state index in [4.69, 9.17) is 10.5 Å². The summed E-state index contributed by atoms with van der Waals surface area (Å²) in [6, 6.07) is -0.0858. The second-order valence-corrected chi connectivity index (χ2v) is 7.16. The van der Waals surface area contributed by atoms with Crippen molar-refractivity contribution in [2.24, 2.45) is 16.6 Å². The third-order valence-electron chi connectivity index (χ3n) is 3.71. The number of esters is 1. The SMILES string of the molecule is CCC1(C(=O)OC(C)(C)C)CC(C)(C)CC1N. The van der Waals surface area contributed by atoms with Gasteiger partial charge in [0, 0.05) is 6.04 Å². The number of nitrogens with two attached hydrogens (primary N) is 1. The first-order valence-corrected chi connectivity index (χ1v) is 6.51. The summed E-state index contributed by atoms with van der Waals surface area (Å²) < 4.78 is 5.56. The first-order chi connectivity index (χ1) is 7.52. The summed E-state index contributed by atoms with van der Waals surface area (Å²) in [6.07, 6.45) is 2.47. The van der Waals surface area contributed by atoms with Crippen molar-refractivity contribution in [3.63, 3.8) is 0 Å². The van der Waals surface area contributed by atoms with Gasteiger partial charge in [0.05, 0.1) is 5.41 Å². The molecule has 0 aromatic heterocycles. The summed E-state index contributed by atoms with van der Waals surface area (Å²) in [5.41, 5.74) is 5.42. The van der Waals surface area contributed by atoms with E-state index >= 15 is 0 Å². The van der Waals surface area contributed by atoms with Gasteiger partial charge in [-0.1, -0.05) is 20.8 Å². The first-order valence-electron chi connectivity index (χ1n) is 6.51. The molecule has 2 atom stereocenters. The molecule has 0 amide bonds. The number of carbonyl (C=O) groups excluding carboxylic acids is 1. The van der Waals surface area contributed by atoms with Crippen LogP contribution in [-0.4, -0.2) is 17.6 Å². The lowest BCUT2D eigenvalue weighted by atomic mass is 9.77. The maximum absolute atomic E-state index is 12.4. The van der Waals surface area contributed by atoms with Crippen molar-refractivity contribution in [2.75, 3.05) is 0 Å². The van der Waals surface area contributed by atoms with Crippen LogP contribution in [0.2, 0.25) is 0 Å². The molecule has 0 saturated heterocycles. The second kappa shape index (κ2) is 4.27. The van der Waals surface area contributed by atoms with Gasteiger partial charge in [0.15, 0.2) is 0 Å². The lowest BCUT2D eigenvalue weighted by Crippen LogP contribution is -2.46. The van der Waals surface area contributed by atoms with Gasteiger partial charge in [-0.05, 0) is 45.4 Å². The van der Waals surface area contributed by atoms with E-state index in [1.54, 1.807) is 0 Å². The van der Waals surface area contributed by atoms with Crippen molar-refractivity contribution in [1.29, 1.82) is 0 Å². The van der Waals surface area contributed by atoms with Crippen molar-refractivity contribution in [1.82, 2.24) is 0 Å². The standard InChI is InChI=1S/C14H27NO2/c1-7-14(11(16)17-12(2,3)4)9-13(5,6)8-10(14)15/h10H,7-9,15H2,1-6H3. The van der Waals surface area contributed by atoms with E-state index in [1.165, 1.54) is 0 Å². The highest BCUT2D eigenvalue weighted by atomic mass is 16.6. The number of ether oxygens (including phenoxy) is 1. The smallest absolute Gasteiger partial charge is 0.314 e. The predicted molar refractivity (Wildman–Crippen MR) is 69.6 cm³/mol. The molecule has 0 aliphatic heterocycles. The minimum atomic E-state index is -0.489. The fourth-order valence-corrected chi connectivity index (χ4v) is 2.98. The maximum atomic E-state index is 12.4. The molecule has 0 heterocycles. The molecule has 1 aliphatic rings. The number of hydrogen-bond donors (Lipinski definition) is 1. The number of carbonyl (C=O) groups is 1. The Morgan fingerprint density at radius 2 is 1.94 bits per heavy atom. The molecule has 1 fully saturated rings. The van der Waals surface area contributed by atoms with Crippen LogP contribution < -0.4 is 5.73 Å². The van der Waals surface area contributed by atoms with Gasteiger partial charge in [0.1, 0.15) is 5.60 Å². The monoisotopic (exact) mass is 241 g/mol. The molecule has 1 rings (SSSR count). The Hall–Kier alpha value is -0.570. The van der Waals surface area contributed by atoms with Gasteiger partial charge in [-0.15, -0.1) is 0 Å². The molecule has 100 valence electrons. The second-order valence-electron chi connectivity index (χ2n) is 7.16. The highest BCUT2D eigenvalue weighted by Gasteiger charge is 2.54. The van der Waals surface area contributed by atoms with Gasteiger partial charge in [-0.3, -0.25) is 4.79 Å². The predicted octanol–water partition coefficient (Wildman–Crippen LogP) is 2.87. The summed E-state index contributed by atoms with van der Waals surface area (Å²) in [5.74, 6) is -0.120. The van der Waals surface area contributed by atoms with Crippen LogP contribution in [0, 0.1) is 10.8 Å². The van der Waals surface area contributed by atoms with E-state index < -0.39 is 11.0 Å². The fourth-order valence-electron chi connectivity index (χ4n) is 2.98. The summed E-state index contributed by atoms with van der Waals surface area (Å²) >= 11 is 0. The van der Waals surface area contributed by atoms with Crippen LogP contribution in [-0.2, 0) is 9.53 Å². The Kier molecular flexibility index (Phi) is 3.64. The lowest BCUT2D eigenvalue weighted by molar-refractivity contribution is -0.169. The van der Waals surface area contributed by atoms with Crippen LogP contribution in [0.15, 0.2) is 0 Å². The average Bonchev–Trinajstić information content (AvgIpc) is 2.33. The molecule has 1 saturated carbocycles. The van der Waals surface area contributed by atoms with Crippen LogP contribution in [0.1, 0.15) is 60.8 Å². The molecule has 1 aliphatic carbocycles. The fraction of sp³-hybridized carbons (Fsp3) is 0.929. The van der Waals surface area contributed by atoms with Crippen molar-refractivity contribution < 1.29 is 9.53 Å². The van der Waals surface area contributed by atoms with Crippen molar-refractivity contribution in [3.8, 4) is 0 Å². The van der Waals surface area contributed by atoms with Gasteiger partial charge in [0.2, 0.25) is 0 Å². The molecule has 3 nitrogen and oxygen atoms in total. The Bertz CT molecular complexity index is 304. The van der Waals surface area contributed by atoms with Crippen LogP contribution >= 0.6 is 0 Å². The molecule has 0 aromatic carbocycles. The quantitative estimate of drug-likeness (QED) is 0.756. The minimum absolute atomic E-state index is 0.0858. The van der Waals surface area contributed by atoms with E-state index in [2.05, 4.69) is 13.8 Å². The van der Waals surface area contributed by atoms with Gasteiger partial charge < -0.3 is 10.5 Å². The van der Waals surface area contributed by atoms with Gasteiger partial charge in [-0.25, -0.2) is 0 Å². The van der Waals surface area contributed by atoms with Gasteiger partial charge in [-0.2, -0.15) is 0 Å². The summed E-state index contributed by atoms with van der Waals surface area (Å²) in [6.45, 7) is 12.1. The zero-order chi connectivity index (χ0) is 13.5. The highest BCUT2D eigenvalue weighted by Crippen LogP contribution is 2.51. The minimum Gasteiger partial charge on any atom is -0.459 e. The molecule has 3 heteroatoms. The summed E-state index contributed by atoms with van der Waals surface area (Å²) in [7, 11) is 0. The first kappa shape index (κ1) is 14.5. The number of hydrogen-bond acceptors (Lipinski definition) is 3. The van der Waals surface area contributed by atoms with Crippen LogP contribution in [0.5, 0.6) is 0 Å². The molecule has 2 N–H and O–H groups in total. The third kappa shape index (κ3) is 3.01. The van der Waals surface area contributed by atoms with E-state index in [0.29, 0.717) is 0 Å². The van der Waals surface area contributed by atoms with E-state index in [1.807, 2.05) is 27.7 Å². The van der Waals surface area contributed by atoms with E-state index in [9.17, 15) is 4.79 Å². The third-order valence-corrected chi connectivity index (χ3v) is 3.71.